The Morgan fingerprint density at radius 2 is 1.77 bits per heavy atom. The van der Waals surface area contributed by atoms with Gasteiger partial charge in [0.15, 0.2) is 6.61 Å². The predicted molar refractivity (Wildman–Crippen MR) is 123 cm³/mol. The Bertz CT molecular complexity index is 870. The molecule has 0 aromatic heterocycles. The number of ether oxygens (including phenoxy) is 2. The van der Waals surface area contributed by atoms with Crippen molar-refractivity contribution in [2.45, 2.75) is 46.2 Å². The average molecular weight is 447 g/mol. The Balaban J connectivity index is 2.19. The lowest BCUT2D eigenvalue weighted by molar-refractivity contribution is -0.143. The number of halogens is 1. The number of hydrogen-bond donors (Lipinski definition) is 1. The van der Waals surface area contributed by atoms with E-state index in [0.29, 0.717) is 30.3 Å². The summed E-state index contributed by atoms with van der Waals surface area (Å²) in [6, 6.07) is 12.1. The highest BCUT2D eigenvalue weighted by Crippen LogP contribution is 2.22. The lowest BCUT2D eigenvalue weighted by Crippen LogP contribution is -2.50. The highest BCUT2D eigenvalue weighted by Gasteiger charge is 2.28. The molecule has 2 aromatic carbocycles. The largest absolute Gasteiger partial charge is 0.497 e. The Labute approximate surface area is 189 Å². The summed E-state index contributed by atoms with van der Waals surface area (Å²) < 4.78 is 10.9. The molecule has 0 spiro atoms. The Morgan fingerprint density at radius 3 is 2.35 bits per heavy atom. The summed E-state index contributed by atoms with van der Waals surface area (Å²) in [6.45, 7) is 6.45. The van der Waals surface area contributed by atoms with Crippen molar-refractivity contribution < 1.29 is 19.1 Å². The summed E-state index contributed by atoms with van der Waals surface area (Å²) in [7, 11) is 1.60. The molecule has 31 heavy (non-hydrogen) atoms. The number of nitrogens with zero attached hydrogens (tertiary/aromatic N) is 1. The number of methoxy groups -OCH3 is 1. The first-order valence-electron chi connectivity index (χ1n) is 10.5. The quantitative estimate of drug-likeness (QED) is 0.556. The second-order valence-corrected chi connectivity index (χ2v) is 7.69. The number of nitrogens with one attached hydrogen (secondary N) is 1. The zero-order chi connectivity index (χ0) is 22.8. The van der Waals surface area contributed by atoms with Crippen LogP contribution < -0.4 is 14.8 Å². The summed E-state index contributed by atoms with van der Waals surface area (Å²) in [5.41, 5.74) is 1.77. The molecule has 1 N–H and O–H groups in total. The fourth-order valence-corrected chi connectivity index (χ4v) is 3.27. The second kappa shape index (κ2) is 12.2. The first kappa shape index (κ1) is 24.5. The highest BCUT2D eigenvalue weighted by atomic mass is 35.5. The summed E-state index contributed by atoms with van der Waals surface area (Å²) in [4.78, 5) is 27.5. The molecule has 6 nitrogen and oxygen atoms in total. The van der Waals surface area contributed by atoms with Gasteiger partial charge in [-0.2, -0.15) is 0 Å². The minimum absolute atomic E-state index is 0.159. The third kappa shape index (κ3) is 7.17. The maximum atomic E-state index is 13.1. The maximum Gasteiger partial charge on any atom is 0.261 e. The van der Waals surface area contributed by atoms with Crippen LogP contribution in [0.5, 0.6) is 11.5 Å². The van der Waals surface area contributed by atoms with E-state index in [4.69, 9.17) is 21.1 Å². The van der Waals surface area contributed by atoms with Crippen LogP contribution in [0.15, 0.2) is 42.5 Å². The SMILES string of the molecule is CCCNC(=O)[C@@H](CC)N(Cc1ccc(OC)cc1)C(=O)COc1ccc(Cl)c(C)c1. The normalized spacial score (nSPS) is 11.5. The predicted octanol–water partition coefficient (Wildman–Crippen LogP) is 4.37. The van der Waals surface area contributed by atoms with Gasteiger partial charge in [-0.05, 0) is 61.2 Å². The summed E-state index contributed by atoms with van der Waals surface area (Å²) in [5.74, 6) is 0.870. The first-order valence-corrected chi connectivity index (χ1v) is 10.9. The van der Waals surface area contributed by atoms with Gasteiger partial charge in [0.05, 0.1) is 7.11 Å². The second-order valence-electron chi connectivity index (χ2n) is 7.28. The number of amides is 2. The molecule has 0 aliphatic heterocycles. The number of rotatable bonds is 11. The monoisotopic (exact) mass is 446 g/mol. The zero-order valence-electron chi connectivity index (χ0n) is 18.6. The number of aryl methyl sites for hydroxylation is 1. The molecule has 0 saturated carbocycles. The molecule has 0 heterocycles. The van der Waals surface area contributed by atoms with E-state index in [0.717, 1.165) is 23.3 Å². The molecule has 0 radical (unpaired) electrons. The van der Waals surface area contributed by atoms with Crippen molar-refractivity contribution in [2.75, 3.05) is 20.3 Å². The van der Waals surface area contributed by atoms with Crippen LogP contribution in [0.1, 0.15) is 37.8 Å². The van der Waals surface area contributed by atoms with E-state index in [1.165, 1.54) is 0 Å². The van der Waals surface area contributed by atoms with Gasteiger partial charge in [-0.1, -0.05) is 37.6 Å². The van der Waals surface area contributed by atoms with E-state index < -0.39 is 6.04 Å². The fraction of sp³-hybridized carbons (Fsp3) is 0.417. The van der Waals surface area contributed by atoms with Gasteiger partial charge in [0.1, 0.15) is 17.5 Å². The van der Waals surface area contributed by atoms with Gasteiger partial charge in [-0.3, -0.25) is 9.59 Å². The van der Waals surface area contributed by atoms with Crippen molar-refractivity contribution in [3.05, 3.63) is 58.6 Å². The molecule has 0 bridgehead atoms. The minimum atomic E-state index is -0.586. The van der Waals surface area contributed by atoms with Crippen molar-refractivity contribution >= 4 is 23.4 Å². The zero-order valence-corrected chi connectivity index (χ0v) is 19.4. The van der Waals surface area contributed by atoms with E-state index in [1.807, 2.05) is 45.0 Å². The van der Waals surface area contributed by atoms with Gasteiger partial charge >= 0.3 is 0 Å². The molecule has 0 saturated heterocycles. The third-order valence-electron chi connectivity index (χ3n) is 4.94. The van der Waals surface area contributed by atoms with Crippen molar-refractivity contribution in [2.24, 2.45) is 0 Å². The number of carbonyl (C=O) groups excluding carboxylic acids is 2. The molecule has 2 aromatic rings. The van der Waals surface area contributed by atoms with Crippen LogP contribution >= 0.6 is 11.6 Å². The molecule has 1 atom stereocenters. The van der Waals surface area contributed by atoms with E-state index in [1.54, 1.807) is 30.2 Å². The van der Waals surface area contributed by atoms with Crippen LogP contribution in [0.3, 0.4) is 0 Å². The van der Waals surface area contributed by atoms with Gasteiger partial charge in [-0.15, -0.1) is 0 Å². The van der Waals surface area contributed by atoms with Crippen LogP contribution in [-0.4, -0.2) is 43.0 Å². The summed E-state index contributed by atoms with van der Waals surface area (Å²) in [5, 5.41) is 3.54. The molecule has 0 aliphatic rings. The summed E-state index contributed by atoms with van der Waals surface area (Å²) in [6.07, 6.45) is 1.32. The Kier molecular flexibility index (Phi) is 9.66. The molecule has 0 unspecified atom stereocenters. The molecule has 0 aliphatic carbocycles. The molecule has 2 rings (SSSR count). The Morgan fingerprint density at radius 1 is 1.10 bits per heavy atom. The number of carbonyl (C=O) groups is 2. The maximum absolute atomic E-state index is 13.1. The van der Waals surface area contributed by atoms with Crippen molar-refractivity contribution in [1.82, 2.24) is 10.2 Å². The molecule has 2 amide bonds. The smallest absolute Gasteiger partial charge is 0.261 e. The highest BCUT2D eigenvalue weighted by molar-refractivity contribution is 6.31. The standard InChI is InChI=1S/C24H31ClN2O4/c1-5-13-26-24(29)22(6-2)27(15-18-7-9-19(30-4)10-8-18)23(28)16-31-20-11-12-21(25)17(3)14-20/h7-12,14,22H,5-6,13,15-16H2,1-4H3,(H,26,29)/t22-/m1/s1. The van der Waals surface area contributed by atoms with Crippen LogP contribution in [0.2, 0.25) is 5.02 Å². The van der Waals surface area contributed by atoms with E-state index in [-0.39, 0.29) is 18.4 Å². The van der Waals surface area contributed by atoms with E-state index in [9.17, 15) is 9.59 Å². The lowest BCUT2D eigenvalue weighted by Gasteiger charge is -2.30. The van der Waals surface area contributed by atoms with Crippen molar-refractivity contribution in [1.29, 1.82) is 0 Å². The lowest BCUT2D eigenvalue weighted by atomic mass is 10.1. The van der Waals surface area contributed by atoms with Gasteiger partial charge in [0, 0.05) is 18.1 Å². The summed E-state index contributed by atoms with van der Waals surface area (Å²) >= 11 is 6.06. The third-order valence-corrected chi connectivity index (χ3v) is 5.36. The molecule has 0 fully saturated rings. The Hall–Kier alpha value is -2.73. The van der Waals surface area contributed by atoms with Crippen molar-refractivity contribution in [3.63, 3.8) is 0 Å². The van der Waals surface area contributed by atoms with Crippen LogP contribution in [0.4, 0.5) is 0 Å². The van der Waals surface area contributed by atoms with Crippen LogP contribution in [0.25, 0.3) is 0 Å². The van der Waals surface area contributed by atoms with Crippen molar-refractivity contribution in [3.8, 4) is 11.5 Å². The van der Waals surface area contributed by atoms with Gasteiger partial charge in [-0.25, -0.2) is 0 Å². The minimum Gasteiger partial charge on any atom is -0.497 e. The topological polar surface area (TPSA) is 67.9 Å². The first-order chi connectivity index (χ1) is 14.9. The number of benzene rings is 2. The molecular formula is C24H31ClN2O4. The number of hydrogen-bond acceptors (Lipinski definition) is 4. The van der Waals surface area contributed by atoms with Crippen LogP contribution in [0, 0.1) is 6.92 Å². The van der Waals surface area contributed by atoms with Crippen LogP contribution in [-0.2, 0) is 16.1 Å². The van der Waals surface area contributed by atoms with Gasteiger partial charge in [0.25, 0.3) is 5.91 Å². The fourth-order valence-electron chi connectivity index (χ4n) is 3.15. The molecule has 168 valence electrons. The molecular weight excluding hydrogens is 416 g/mol. The molecule has 7 heteroatoms. The van der Waals surface area contributed by atoms with Gasteiger partial charge < -0.3 is 19.7 Å². The van der Waals surface area contributed by atoms with Gasteiger partial charge in [0.2, 0.25) is 5.91 Å². The van der Waals surface area contributed by atoms with E-state index >= 15 is 0 Å². The van der Waals surface area contributed by atoms with E-state index in [2.05, 4.69) is 5.32 Å². The average Bonchev–Trinajstić information content (AvgIpc) is 2.78.